The molecule has 2 heterocycles. The molecular formula is C20H24N6O. The Labute approximate surface area is 158 Å². The average Bonchev–Trinajstić information content (AvgIpc) is 2.93. The molecular weight excluding hydrogens is 340 g/mol. The Morgan fingerprint density at radius 2 is 1.85 bits per heavy atom. The molecule has 3 rings (SSSR count). The highest BCUT2D eigenvalue weighted by Crippen LogP contribution is 2.26. The maximum absolute atomic E-state index is 12.3. The van der Waals surface area contributed by atoms with Gasteiger partial charge >= 0.3 is 0 Å². The van der Waals surface area contributed by atoms with E-state index in [-0.39, 0.29) is 17.6 Å². The molecule has 140 valence electrons. The molecule has 0 saturated carbocycles. The second-order valence-corrected chi connectivity index (χ2v) is 6.44. The first kappa shape index (κ1) is 18.6. The van der Waals surface area contributed by atoms with E-state index < -0.39 is 0 Å². The SMILES string of the molecule is CCC(Nc1ccc(C(=O)Nc2ccccc2)nn1)c1c(C)nn(C)c1C. The van der Waals surface area contributed by atoms with Crippen LogP contribution < -0.4 is 10.6 Å². The second-order valence-electron chi connectivity index (χ2n) is 6.44. The van der Waals surface area contributed by atoms with Crippen LogP contribution in [0, 0.1) is 13.8 Å². The summed E-state index contributed by atoms with van der Waals surface area (Å²) in [5.41, 5.74) is 4.29. The summed E-state index contributed by atoms with van der Waals surface area (Å²) in [5.74, 6) is 0.340. The molecule has 1 aromatic carbocycles. The van der Waals surface area contributed by atoms with E-state index in [4.69, 9.17) is 0 Å². The van der Waals surface area contributed by atoms with Gasteiger partial charge in [-0.05, 0) is 44.5 Å². The van der Waals surface area contributed by atoms with Crippen molar-refractivity contribution in [2.45, 2.75) is 33.2 Å². The molecule has 2 aromatic heterocycles. The van der Waals surface area contributed by atoms with E-state index in [2.05, 4.69) is 39.8 Å². The van der Waals surface area contributed by atoms with Crippen molar-refractivity contribution in [3.63, 3.8) is 0 Å². The molecule has 1 unspecified atom stereocenters. The van der Waals surface area contributed by atoms with Crippen LogP contribution in [0.25, 0.3) is 0 Å². The van der Waals surface area contributed by atoms with Crippen molar-refractivity contribution in [3.8, 4) is 0 Å². The van der Waals surface area contributed by atoms with Crippen LogP contribution in [0.3, 0.4) is 0 Å². The van der Waals surface area contributed by atoms with E-state index in [1.165, 1.54) is 5.56 Å². The van der Waals surface area contributed by atoms with Crippen LogP contribution in [0.4, 0.5) is 11.5 Å². The summed E-state index contributed by atoms with van der Waals surface area (Å²) in [6, 6.07) is 12.8. The summed E-state index contributed by atoms with van der Waals surface area (Å²) in [6.07, 6.45) is 0.880. The minimum Gasteiger partial charge on any atom is -0.362 e. The molecule has 0 bridgehead atoms. The number of aromatic nitrogens is 4. The monoisotopic (exact) mass is 364 g/mol. The van der Waals surface area contributed by atoms with Crippen LogP contribution in [0.15, 0.2) is 42.5 Å². The van der Waals surface area contributed by atoms with Gasteiger partial charge < -0.3 is 10.6 Å². The molecule has 0 aliphatic carbocycles. The zero-order chi connectivity index (χ0) is 19.4. The first-order valence-corrected chi connectivity index (χ1v) is 8.96. The summed E-state index contributed by atoms with van der Waals surface area (Å²) in [6.45, 7) is 6.18. The zero-order valence-electron chi connectivity index (χ0n) is 16.0. The van der Waals surface area contributed by atoms with Gasteiger partial charge in [0.1, 0.15) is 5.82 Å². The number of carbonyl (C=O) groups excluding carboxylic acids is 1. The third kappa shape index (κ3) is 4.13. The van der Waals surface area contributed by atoms with Gasteiger partial charge in [-0.15, -0.1) is 10.2 Å². The summed E-state index contributed by atoms with van der Waals surface area (Å²) < 4.78 is 1.89. The minimum absolute atomic E-state index is 0.0806. The molecule has 0 spiro atoms. The maximum Gasteiger partial charge on any atom is 0.276 e. The Morgan fingerprint density at radius 1 is 1.11 bits per heavy atom. The van der Waals surface area contributed by atoms with Crippen molar-refractivity contribution in [3.05, 3.63) is 65.1 Å². The number of aryl methyl sites for hydroxylation is 2. The van der Waals surface area contributed by atoms with Gasteiger partial charge in [-0.3, -0.25) is 9.48 Å². The number of hydrogen-bond acceptors (Lipinski definition) is 5. The maximum atomic E-state index is 12.3. The van der Waals surface area contributed by atoms with Gasteiger partial charge in [0, 0.05) is 24.0 Å². The molecule has 0 fully saturated rings. The van der Waals surface area contributed by atoms with Crippen LogP contribution in [0.1, 0.15) is 46.8 Å². The molecule has 2 N–H and O–H groups in total. The van der Waals surface area contributed by atoms with Crippen LogP contribution >= 0.6 is 0 Å². The summed E-state index contributed by atoms with van der Waals surface area (Å²) in [7, 11) is 1.94. The number of nitrogens with one attached hydrogen (secondary N) is 2. The lowest BCUT2D eigenvalue weighted by molar-refractivity contribution is 0.102. The van der Waals surface area contributed by atoms with Gasteiger partial charge in [-0.25, -0.2) is 0 Å². The van der Waals surface area contributed by atoms with Gasteiger partial charge in [-0.1, -0.05) is 25.1 Å². The lowest BCUT2D eigenvalue weighted by Gasteiger charge is -2.18. The van der Waals surface area contributed by atoms with Crippen molar-refractivity contribution >= 4 is 17.4 Å². The number of anilines is 2. The number of carbonyl (C=O) groups is 1. The third-order valence-electron chi connectivity index (χ3n) is 4.57. The van der Waals surface area contributed by atoms with E-state index in [9.17, 15) is 4.79 Å². The smallest absolute Gasteiger partial charge is 0.276 e. The summed E-state index contributed by atoms with van der Waals surface area (Å²) in [4.78, 5) is 12.3. The molecule has 0 aliphatic rings. The summed E-state index contributed by atoms with van der Waals surface area (Å²) in [5, 5.41) is 18.9. The van der Waals surface area contributed by atoms with Crippen molar-refractivity contribution in [2.75, 3.05) is 10.6 Å². The first-order chi connectivity index (χ1) is 13.0. The number of nitrogens with zero attached hydrogens (tertiary/aromatic N) is 4. The topological polar surface area (TPSA) is 84.7 Å². The quantitative estimate of drug-likeness (QED) is 0.697. The number of benzene rings is 1. The van der Waals surface area contributed by atoms with Gasteiger partial charge in [0.15, 0.2) is 5.69 Å². The Kier molecular flexibility index (Phi) is 5.49. The molecule has 3 aromatic rings. The first-order valence-electron chi connectivity index (χ1n) is 8.96. The predicted octanol–water partition coefficient (Wildman–Crippen LogP) is 3.64. The van der Waals surface area contributed by atoms with Crippen LogP contribution in [0.2, 0.25) is 0 Å². The summed E-state index contributed by atoms with van der Waals surface area (Å²) >= 11 is 0. The number of hydrogen-bond donors (Lipinski definition) is 2. The normalized spacial score (nSPS) is 11.9. The van der Waals surface area contributed by atoms with E-state index in [0.29, 0.717) is 5.82 Å². The largest absolute Gasteiger partial charge is 0.362 e. The number of rotatable bonds is 6. The van der Waals surface area contributed by atoms with Gasteiger partial charge in [0.05, 0.1) is 11.7 Å². The molecule has 27 heavy (non-hydrogen) atoms. The van der Waals surface area contributed by atoms with Crippen LogP contribution in [-0.2, 0) is 7.05 Å². The average molecular weight is 364 g/mol. The molecule has 7 heteroatoms. The highest BCUT2D eigenvalue weighted by Gasteiger charge is 2.19. The lowest BCUT2D eigenvalue weighted by Crippen LogP contribution is -2.16. The fraction of sp³-hybridized carbons (Fsp3) is 0.300. The fourth-order valence-electron chi connectivity index (χ4n) is 3.10. The van der Waals surface area contributed by atoms with Crippen molar-refractivity contribution in [1.82, 2.24) is 20.0 Å². The lowest BCUT2D eigenvalue weighted by atomic mass is 10.0. The Hall–Kier alpha value is -3.22. The third-order valence-corrected chi connectivity index (χ3v) is 4.57. The van der Waals surface area contributed by atoms with E-state index in [0.717, 1.165) is 23.5 Å². The standard InChI is InChI=1S/C20H24N6O/c1-5-16(19-13(2)25-26(4)14(19)3)22-18-12-11-17(23-24-18)20(27)21-15-9-7-6-8-10-15/h6-12,16H,5H2,1-4H3,(H,21,27)(H,22,24). The Balaban J connectivity index is 1.72. The second kappa shape index (κ2) is 7.99. The molecule has 1 atom stereocenters. The zero-order valence-corrected chi connectivity index (χ0v) is 16.0. The Bertz CT molecular complexity index is 918. The van der Waals surface area contributed by atoms with E-state index >= 15 is 0 Å². The molecule has 7 nitrogen and oxygen atoms in total. The molecule has 0 aliphatic heterocycles. The molecule has 1 amide bonds. The number of amides is 1. The predicted molar refractivity (Wildman–Crippen MR) is 106 cm³/mol. The van der Waals surface area contributed by atoms with Crippen molar-refractivity contribution in [2.24, 2.45) is 7.05 Å². The number of para-hydroxylation sites is 1. The molecule has 0 saturated heterocycles. The highest BCUT2D eigenvalue weighted by molar-refractivity contribution is 6.02. The van der Waals surface area contributed by atoms with Gasteiger partial charge in [0.2, 0.25) is 0 Å². The van der Waals surface area contributed by atoms with Crippen molar-refractivity contribution < 1.29 is 4.79 Å². The van der Waals surface area contributed by atoms with Crippen molar-refractivity contribution in [1.29, 1.82) is 0 Å². The Morgan fingerprint density at radius 3 is 2.41 bits per heavy atom. The van der Waals surface area contributed by atoms with Gasteiger partial charge in [-0.2, -0.15) is 5.10 Å². The van der Waals surface area contributed by atoms with Gasteiger partial charge in [0.25, 0.3) is 5.91 Å². The van der Waals surface area contributed by atoms with E-state index in [1.54, 1.807) is 12.1 Å². The highest BCUT2D eigenvalue weighted by atomic mass is 16.1. The minimum atomic E-state index is -0.286. The fourth-order valence-corrected chi connectivity index (χ4v) is 3.10. The van der Waals surface area contributed by atoms with Crippen LogP contribution in [-0.4, -0.2) is 25.9 Å². The van der Waals surface area contributed by atoms with Crippen LogP contribution in [0.5, 0.6) is 0 Å². The molecule has 0 radical (unpaired) electrons. The van der Waals surface area contributed by atoms with E-state index in [1.807, 2.05) is 49.0 Å².